The minimum absolute atomic E-state index is 0.176. The largest absolute Gasteiger partial charge is 0.500 e. The Labute approximate surface area is 133 Å². The highest BCUT2D eigenvalue weighted by Gasteiger charge is 2.27. The van der Waals surface area contributed by atoms with E-state index in [0.29, 0.717) is 12.8 Å². The molecule has 0 bridgehead atoms. The van der Waals surface area contributed by atoms with Crippen molar-refractivity contribution in [3.05, 3.63) is 51.6 Å². The average Bonchev–Trinajstić information content (AvgIpc) is 3.02. The number of halogens is 1. The number of hydrogen-bond acceptors (Lipinski definition) is 3. The van der Waals surface area contributed by atoms with Gasteiger partial charge in [-0.25, -0.2) is 0 Å². The van der Waals surface area contributed by atoms with Gasteiger partial charge in [0.05, 0.1) is 12.7 Å². The summed E-state index contributed by atoms with van der Waals surface area (Å²) in [6, 6.07) is 9.85. The van der Waals surface area contributed by atoms with E-state index in [0.717, 1.165) is 37.2 Å². The molecule has 0 amide bonds. The number of thiophene rings is 1. The highest BCUT2D eigenvalue weighted by atomic mass is 35.5. The maximum Gasteiger partial charge on any atom is 0.167 e. The summed E-state index contributed by atoms with van der Waals surface area (Å²) in [5.41, 5.74) is 2.87. The summed E-state index contributed by atoms with van der Waals surface area (Å²) in [5, 5.41) is 0.725. The lowest BCUT2D eigenvalue weighted by Crippen LogP contribution is -1.96. The Hall–Kier alpha value is -1.58. The molecule has 0 atom stereocenters. The summed E-state index contributed by atoms with van der Waals surface area (Å²) in [6.07, 6.45) is 1.25. The molecule has 1 aromatic heterocycles. The average molecular weight is 319 g/mol. The van der Waals surface area contributed by atoms with Crippen molar-refractivity contribution >= 4 is 34.3 Å². The number of ketones is 1. The first-order chi connectivity index (χ1) is 10.1. The Morgan fingerprint density at radius 2 is 1.90 bits per heavy atom. The molecule has 0 spiro atoms. The number of carbonyl (C=O) groups excluding carboxylic acids is 1. The van der Waals surface area contributed by atoms with Crippen LogP contribution in [0.5, 0.6) is 0 Å². The number of ether oxygens (including phenoxy) is 1. The highest BCUT2D eigenvalue weighted by molar-refractivity contribution is 7.15. The van der Waals surface area contributed by atoms with Crippen LogP contribution in [0.15, 0.2) is 36.1 Å². The van der Waals surface area contributed by atoms with Gasteiger partial charge in [-0.05, 0) is 30.7 Å². The van der Waals surface area contributed by atoms with Crippen LogP contribution in [-0.4, -0.2) is 12.9 Å². The zero-order valence-electron chi connectivity index (χ0n) is 11.9. The molecule has 2 nitrogen and oxygen atoms in total. The Balaban J connectivity index is 2.06. The second-order valence-electron chi connectivity index (χ2n) is 5.01. The number of hydrogen-bond donors (Lipinski definition) is 0. The highest BCUT2D eigenvalue weighted by Crippen LogP contribution is 2.39. The predicted molar refractivity (Wildman–Crippen MR) is 87.7 cm³/mol. The van der Waals surface area contributed by atoms with Crippen LogP contribution in [0, 0.1) is 6.92 Å². The minimum atomic E-state index is 0.176. The van der Waals surface area contributed by atoms with Gasteiger partial charge in [0.1, 0.15) is 5.76 Å². The Kier molecular flexibility index (Phi) is 3.87. The van der Waals surface area contributed by atoms with Crippen LogP contribution in [0.2, 0.25) is 5.02 Å². The van der Waals surface area contributed by atoms with E-state index in [2.05, 4.69) is 6.07 Å². The van der Waals surface area contributed by atoms with Crippen molar-refractivity contribution in [1.82, 2.24) is 0 Å². The Bertz CT molecular complexity index is 726. The van der Waals surface area contributed by atoms with Gasteiger partial charge in [0.15, 0.2) is 5.78 Å². The van der Waals surface area contributed by atoms with Gasteiger partial charge in [-0.3, -0.25) is 4.79 Å². The molecule has 0 saturated carbocycles. The van der Waals surface area contributed by atoms with Crippen molar-refractivity contribution in [3.8, 4) is 10.4 Å². The van der Waals surface area contributed by atoms with Gasteiger partial charge >= 0.3 is 0 Å². The molecule has 4 heteroatoms. The second kappa shape index (κ2) is 5.66. The normalized spacial score (nSPS) is 14.9. The third kappa shape index (κ3) is 2.63. The number of methoxy groups -OCH3 is 1. The lowest BCUT2D eigenvalue weighted by atomic mass is 10.0. The van der Waals surface area contributed by atoms with Crippen molar-refractivity contribution in [2.75, 3.05) is 7.11 Å². The van der Waals surface area contributed by atoms with Gasteiger partial charge in [0.25, 0.3) is 0 Å². The van der Waals surface area contributed by atoms with Crippen LogP contribution in [0.1, 0.15) is 23.3 Å². The first-order valence-corrected chi connectivity index (χ1v) is 7.96. The van der Waals surface area contributed by atoms with Crippen LogP contribution >= 0.6 is 22.9 Å². The predicted octanol–water partition coefficient (Wildman–Crippen LogP) is 5.10. The van der Waals surface area contributed by atoms with E-state index in [-0.39, 0.29) is 5.78 Å². The molecule has 0 fully saturated rings. The van der Waals surface area contributed by atoms with E-state index < -0.39 is 0 Å². The molecule has 108 valence electrons. The number of aryl methyl sites for hydroxylation is 1. The van der Waals surface area contributed by atoms with Gasteiger partial charge in [-0.15, -0.1) is 11.3 Å². The molecule has 0 saturated heterocycles. The Morgan fingerprint density at radius 3 is 2.57 bits per heavy atom. The minimum Gasteiger partial charge on any atom is -0.500 e. The van der Waals surface area contributed by atoms with E-state index in [4.69, 9.17) is 16.3 Å². The number of benzene rings is 1. The summed E-state index contributed by atoms with van der Waals surface area (Å²) < 4.78 is 5.38. The summed E-state index contributed by atoms with van der Waals surface area (Å²) >= 11 is 7.62. The SMILES string of the molecule is COC1=C(c2cc(-c3ccc(Cl)cc3)sc2C)C(=O)CC1. The van der Waals surface area contributed by atoms with Crippen LogP contribution < -0.4 is 0 Å². The van der Waals surface area contributed by atoms with Crippen molar-refractivity contribution in [3.63, 3.8) is 0 Å². The quantitative estimate of drug-likeness (QED) is 0.787. The summed E-state index contributed by atoms with van der Waals surface area (Å²) in [7, 11) is 1.63. The molecule has 1 aromatic carbocycles. The Morgan fingerprint density at radius 1 is 1.19 bits per heavy atom. The first kappa shape index (κ1) is 14.4. The topological polar surface area (TPSA) is 26.3 Å². The van der Waals surface area contributed by atoms with Crippen molar-refractivity contribution in [2.45, 2.75) is 19.8 Å². The number of rotatable bonds is 3. The van der Waals surface area contributed by atoms with Gasteiger partial charge in [0.2, 0.25) is 0 Å². The number of Topliss-reactive ketones (excluding diaryl/α,β-unsaturated/α-hetero) is 1. The third-order valence-electron chi connectivity index (χ3n) is 3.70. The molecule has 0 aliphatic heterocycles. The molecule has 0 unspecified atom stereocenters. The van der Waals surface area contributed by atoms with E-state index in [1.807, 2.05) is 31.2 Å². The molecule has 1 aliphatic rings. The fourth-order valence-corrected chi connectivity index (χ4v) is 3.78. The third-order valence-corrected chi connectivity index (χ3v) is 5.05. The van der Waals surface area contributed by atoms with Crippen LogP contribution in [0.4, 0.5) is 0 Å². The zero-order valence-corrected chi connectivity index (χ0v) is 13.5. The fraction of sp³-hybridized carbons (Fsp3) is 0.235. The molecule has 0 radical (unpaired) electrons. The van der Waals surface area contributed by atoms with Crippen LogP contribution in [-0.2, 0) is 9.53 Å². The van der Waals surface area contributed by atoms with E-state index in [1.165, 1.54) is 0 Å². The van der Waals surface area contributed by atoms with Crippen molar-refractivity contribution in [1.29, 1.82) is 0 Å². The molecule has 21 heavy (non-hydrogen) atoms. The summed E-state index contributed by atoms with van der Waals surface area (Å²) in [4.78, 5) is 14.4. The lowest BCUT2D eigenvalue weighted by molar-refractivity contribution is -0.113. The maximum atomic E-state index is 12.1. The standard InChI is InChI=1S/C17H15ClO2S/c1-10-13(17-14(19)7-8-15(17)20-2)9-16(21-10)11-3-5-12(18)6-4-11/h3-6,9H,7-8H2,1-2H3. The van der Waals surface area contributed by atoms with Gasteiger partial charge < -0.3 is 4.74 Å². The monoisotopic (exact) mass is 318 g/mol. The number of carbonyl (C=O) groups is 1. The van der Waals surface area contributed by atoms with E-state index in [9.17, 15) is 4.79 Å². The van der Waals surface area contributed by atoms with Crippen molar-refractivity contribution < 1.29 is 9.53 Å². The summed E-state index contributed by atoms with van der Waals surface area (Å²) in [5.74, 6) is 0.985. The lowest BCUT2D eigenvalue weighted by Gasteiger charge is -2.04. The molecular weight excluding hydrogens is 304 g/mol. The van der Waals surface area contributed by atoms with Crippen molar-refractivity contribution in [2.24, 2.45) is 0 Å². The molecule has 1 aliphatic carbocycles. The first-order valence-electron chi connectivity index (χ1n) is 6.77. The van der Waals surface area contributed by atoms with Crippen LogP contribution in [0.3, 0.4) is 0 Å². The molecular formula is C17H15ClO2S. The van der Waals surface area contributed by atoms with Gasteiger partial charge in [-0.1, -0.05) is 23.7 Å². The maximum absolute atomic E-state index is 12.1. The smallest absolute Gasteiger partial charge is 0.167 e. The number of allylic oxidation sites excluding steroid dienone is 2. The summed E-state index contributed by atoms with van der Waals surface area (Å²) in [6.45, 7) is 2.05. The van der Waals surface area contributed by atoms with Gasteiger partial charge in [0, 0.05) is 33.2 Å². The van der Waals surface area contributed by atoms with Crippen LogP contribution in [0.25, 0.3) is 16.0 Å². The zero-order chi connectivity index (χ0) is 15.0. The van der Waals surface area contributed by atoms with E-state index in [1.54, 1.807) is 18.4 Å². The van der Waals surface area contributed by atoms with E-state index >= 15 is 0 Å². The second-order valence-corrected chi connectivity index (χ2v) is 6.71. The molecule has 2 aromatic rings. The fourth-order valence-electron chi connectivity index (χ4n) is 2.62. The molecule has 3 rings (SSSR count). The molecule has 0 N–H and O–H groups in total. The molecule has 1 heterocycles. The van der Waals surface area contributed by atoms with Gasteiger partial charge in [-0.2, -0.15) is 0 Å².